The first-order valence-corrected chi connectivity index (χ1v) is 8.63. The van der Waals surface area contributed by atoms with Gasteiger partial charge in [-0.05, 0) is 55.5 Å². The molecule has 2 fully saturated rings. The first kappa shape index (κ1) is 14.1. The lowest BCUT2D eigenvalue weighted by molar-refractivity contribution is 0.260. The highest BCUT2D eigenvalue weighted by Gasteiger charge is 2.30. The van der Waals surface area contributed by atoms with E-state index in [9.17, 15) is 0 Å². The molecule has 3 rings (SSSR count). The summed E-state index contributed by atoms with van der Waals surface area (Å²) in [6.07, 6.45) is 10.0. The fraction of sp³-hybridized carbons (Fsp3) is 0.684. The van der Waals surface area contributed by atoms with E-state index in [4.69, 9.17) is 0 Å². The van der Waals surface area contributed by atoms with Crippen LogP contribution in [0.25, 0.3) is 0 Å². The van der Waals surface area contributed by atoms with Crippen molar-refractivity contribution in [2.24, 2.45) is 17.8 Å². The lowest BCUT2D eigenvalue weighted by Gasteiger charge is -2.32. The highest BCUT2D eigenvalue weighted by atomic mass is 14.9. The molecule has 2 aliphatic rings. The van der Waals surface area contributed by atoms with Gasteiger partial charge in [-0.2, -0.15) is 0 Å². The summed E-state index contributed by atoms with van der Waals surface area (Å²) in [7, 11) is 0. The molecule has 2 atom stereocenters. The van der Waals surface area contributed by atoms with Gasteiger partial charge in [0.2, 0.25) is 0 Å². The maximum absolute atomic E-state index is 3.93. The zero-order chi connectivity index (χ0) is 13.8. The third-order valence-corrected chi connectivity index (χ3v) is 5.37. The van der Waals surface area contributed by atoms with Gasteiger partial charge in [0.25, 0.3) is 0 Å². The van der Waals surface area contributed by atoms with Crippen LogP contribution in [0.5, 0.6) is 0 Å². The fourth-order valence-corrected chi connectivity index (χ4v) is 3.83. The summed E-state index contributed by atoms with van der Waals surface area (Å²) < 4.78 is 0. The first-order chi connectivity index (χ1) is 9.84. The molecule has 1 nitrogen and oxygen atoms in total. The largest absolute Gasteiger partial charge is 0.309 e. The molecular weight excluding hydrogens is 242 g/mol. The number of benzene rings is 1. The monoisotopic (exact) mass is 271 g/mol. The van der Waals surface area contributed by atoms with Crippen molar-refractivity contribution in [3.8, 4) is 0 Å². The van der Waals surface area contributed by atoms with Gasteiger partial charge in [-0.15, -0.1) is 0 Å². The van der Waals surface area contributed by atoms with E-state index in [0.717, 1.165) is 17.8 Å². The Hall–Kier alpha value is -0.820. The topological polar surface area (TPSA) is 12.0 Å². The minimum absolute atomic E-state index is 0.581. The third-order valence-electron chi connectivity index (χ3n) is 5.37. The molecular formula is C19H29N. The lowest BCUT2D eigenvalue weighted by atomic mass is 9.81. The van der Waals surface area contributed by atoms with Gasteiger partial charge >= 0.3 is 0 Å². The van der Waals surface area contributed by atoms with E-state index in [1.807, 2.05) is 0 Å². The molecule has 2 saturated carbocycles. The summed E-state index contributed by atoms with van der Waals surface area (Å²) in [4.78, 5) is 0. The van der Waals surface area contributed by atoms with Gasteiger partial charge in [0.15, 0.2) is 0 Å². The van der Waals surface area contributed by atoms with Crippen LogP contribution in [0.4, 0.5) is 0 Å². The standard InChI is InChI=1S/C19H29N/c1-15(16-12-13-16)14-20-19(17-8-4-2-5-9-17)18-10-6-3-7-11-18/h2,4-5,8-9,15-16,18-20H,3,6-7,10-14H2,1H3. The van der Waals surface area contributed by atoms with Crippen molar-refractivity contribution >= 4 is 0 Å². The SMILES string of the molecule is CC(CNC(c1ccccc1)C1CCCCC1)C1CC1. The Morgan fingerprint density at radius 1 is 0.950 bits per heavy atom. The summed E-state index contributed by atoms with van der Waals surface area (Å²) in [6, 6.07) is 11.7. The summed E-state index contributed by atoms with van der Waals surface area (Å²) in [5.74, 6) is 2.70. The fourth-order valence-electron chi connectivity index (χ4n) is 3.83. The molecule has 2 unspecified atom stereocenters. The Bertz CT molecular complexity index is 389. The molecule has 1 aromatic carbocycles. The predicted molar refractivity (Wildman–Crippen MR) is 85.6 cm³/mol. The molecule has 1 aromatic rings. The van der Waals surface area contributed by atoms with Gasteiger partial charge in [-0.3, -0.25) is 0 Å². The highest BCUT2D eigenvalue weighted by Crippen LogP contribution is 2.38. The maximum atomic E-state index is 3.93. The van der Waals surface area contributed by atoms with Crippen molar-refractivity contribution in [3.63, 3.8) is 0 Å². The zero-order valence-corrected chi connectivity index (χ0v) is 12.9. The van der Waals surface area contributed by atoms with Crippen LogP contribution < -0.4 is 5.32 Å². The second-order valence-electron chi connectivity index (χ2n) is 7.01. The Morgan fingerprint density at radius 3 is 2.30 bits per heavy atom. The van der Waals surface area contributed by atoms with E-state index < -0.39 is 0 Å². The quantitative estimate of drug-likeness (QED) is 0.772. The molecule has 0 amide bonds. The molecule has 0 spiro atoms. The molecule has 0 heterocycles. The lowest BCUT2D eigenvalue weighted by Crippen LogP contribution is -2.33. The summed E-state index contributed by atoms with van der Waals surface area (Å²) in [5.41, 5.74) is 1.50. The van der Waals surface area contributed by atoms with E-state index in [1.54, 1.807) is 0 Å². The average molecular weight is 271 g/mol. The van der Waals surface area contributed by atoms with Crippen LogP contribution in [0.1, 0.15) is 63.5 Å². The summed E-state index contributed by atoms with van der Waals surface area (Å²) in [6.45, 7) is 3.62. The Labute approximate surface area is 124 Å². The number of rotatable bonds is 6. The van der Waals surface area contributed by atoms with Crippen LogP contribution in [0.2, 0.25) is 0 Å². The second kappa shape index (κ2) is 6.76. The summed E-state index contributed by atoms with van der Waals surface area (Å²) >= 11 is 0. The number of nitrogens with one attached hydrogen (secondary N) is 1. The molecule has 110 valence electrons. The maximum Gasteiger partial charge on any atom is 0.0348 e. The smallest absolute Gasteiger partial charge is 0.0348 e. The highest BCUT2D eigenvalue weighted by molar-refractivity contribution is 5.20. The molecule has 0 aliphatic heterocycles. The number of hydrogen-bond donors (Lipinski definition) is 1. The molecule has 0 saturated heterocycles. The van der Waals surface area contributed by atoms with E-state index >= 15 is 0 Å². The average Bonchev–Trinajstić information content (AvgIpc) is 3.34. The minimum atomic E-state index is 0.581. The normalized spacial score (nSPS) is 23.4. The van der Waals surface area contributed by atoms with Gasteiger partial charge in [0, 0.05) is 6.04 Å². The van der Waals surface area contributed by atoms with Gasteiger partial charge in [-0.25, -0.2) is 0 Å². The van der Waals surface area contributed by atoms with Crippen LogP contribution in [-0.4, -0.2) is 6.54 Å². The van der Waals surface area contributed by atoms with Gasteiger partial charge in [0.1, 0.15) is 0 Å². The van der Waals surface area contributed by atoms with Crippen molar-refractivity contribution in [3.05, 3.63) is 35.9 Å². The van der Waals surface area contributed by atoms with Crippen molar-refractivity contribution in [1.29, 1.82) is 0 Å². The van der Waals surface area contributed by atoms with Gasteiger partial charge in [0.05, 0.1) is 0 Å². The minimum Gasteiger partial charge on any atom is -0.309 e. The van der Waals surface area contributed by atoms with E-state index in [2.05, 4.69) is 42.6 Å². The predicted octanol–water partition coefficient (Wildman–Crippen LogP) is 4.94. The molecule has 0 radical (unpaired) electrons. The molecule has 1 heteroatoms. The van der Waals surface area contributed by atoms with E-state index in [0.29, 0.717) is 6.04 Å². The van der Waals surface area contributed by atoms with Crippen LogP contribution in [-0.2, 0) is 0 Å². The van der Waals surface area contributed by atoms with Gasteiger partial charge < -0.3 is 5.32 Å². The zero-order valence-electron chi connectivity index (χ0n) is 12.9. The van der Waals surface area contributed by atoms with Crippen LogP contribution in [0, 0.1) is 17.8 Å². The van der Waals surface area contributed by atoms with Crippen LogP contribution in [0.3, 0.4) is 0 Å². The molecule has 1 N–H and O–H groups in total. The van der Waals surface area contributed by atoms with Crippen molar-refractivity contribution in [1.82, 2.24) is 5.32 Å². The van der Waals surface area contributed by atoms with Crippen LogP contribution >= 0.6 is 0 Å². The van der Waals surface area contributed by atoms with Crippen LogP contribution in [0.15, 0.2) is 30.3 Å². The molecule has 0 aromatic heterocycles. The van der Waals surface area contributed by atoms with Gasteiger partial charge in [-0.1, -0.05) is 56.5 Å². The molecule has 20 heavy (non-hydrogen) atoms. The Balaban J connectivity index is 1.65. The van der Waals surface area contributed by atoms with Crippen molar-refractivity contribution < 1.29 is 0 Å². The van der Waals surface area contributed by atoms with E-state index in [-0.39, 0.29) is 0 Å². The molecule has 2 aliphatic carbocycles. The second-order valence-corrected chi connectivity index (χ2v) is 7.01. The molecule has 0 bridgehead atoms. The summed E-state index contributed by atoms with van der Waals surface area (Å²) in [5, 5.41) is 3.93. The first-order valence-electron chi connectivity index (χ1n) is 8.63. The third kappa shape index (κ3) is 3.63. The van der Waals surface area contributed by atoms with E-state index in [1.165, 1.54) is 57.1 Å². The Kier molecular flexibility index (Phi) is 4.77. The number of hydrogen-bond acceptors (Lipinski definition) is 1. The Morgan fingerprint density at radius 2 is 1.65 bits per heavy atom. The van der Waals surface area contributed by atoms with Crippen molar-refractivity contribution in [2.45, 2.75) is 57.9 Å². The van der Waals surface area contributed by atoms with Crippen molar-refractivity contribution in [2.75, 3.05) is 6.54 Å².